The molecule has 5 nitrogen and oxygen atoms in total. The van der Waals surface area contributed by atoms with Crippen LogP contribution < -0.4 is 10.2 Å². The molecule has 0 fully saturated rings. The molecule has 0 aliphatic carbocycles. The molecule has 0 unspecified atom stereocenters. The van der Waals surface area contributed by atoms with Crippen molar-refractivity contribution in [2.45, 2.75) is 24.9 Å². The summed E-state index contributed by atoms with van der Waals surface area (Å²) in [6.07, 6.45) is 1.52. The van der Waals surface area contributed by atoms with Gasteiger partial charge in [-0.05, 0) is 43.2 Å². The van der Waals surface area contributed by atoms with Gasteiger partial charge in [0, 0.05) is 5.75 Å². The maximum absolute atomic E-state index is 12.1. The Kier molecular flexibility index (Phi) is 7.35. The van der Waals surface area contributed by atoms with Crippen molar-refractivity contribution in [2.75, 3.05) is 6.61 Å². The third kappa shape index (κ3) is 6.15. The summed E-state index contributed by atoms with van der Waals surface area (Å²) in [7, 11) is 0. The van der Waals surface area contributed by atoms with E-state index in [2.05, 4.69) is 10.5 Å². The van der Waals surface area contributed by atoms with Crippen LogP contribution in [0.1, 0.15) is 25.0 Å². The lowest BCUT2D eigenvalue weighted by molar-refractivity contribution is -0.120. The van der Waals surface area contributed by atoms with Crippen LogP contribution in [0.4, 0.5) is 0 Å². The number of amides is 1. The Morgan fingerprint density at radius 2 is 2.08 bits per heavy atom. The topological polar surface area (TPSA) is 70.9 Å². The van der Waals surface area contributed by atoms with E-state index in [9.17, 15) is 9.90 Å². The molecule has 0 saturated carbocycles. The van der Waals surface area contributed by atoms with Crippen molar-refractivity contribution in [3.63, 3.8) is 0 Å². The quantitative estimate of drug-likeness (QED) is 0.559. The van der Waals surface area contributed by atoms with E-state index in [0.717, 1.165) is 11.3 Å². The van der Waals surface area contributed by atoms with E-state index in [-0.39, 0.29) is 16.9 Å². The van der Waals surface area contributed by atoms with E-state index in [1.807, 2.05) is 44.2 Å². The molecule has 1 amide bonds. The molecule has 0 heterocycles. The van der Waals surface area contributed by atoms with Gasteiger partial charge in [-0.15, -0.1) is 11.8 Å². The average molecular weight is 358 g/mol. The lowest BCUT2D eigenvalue weighted by Gasteiger charge is -2.09. The Morgan fingerprint density at radius 1 is 1.32 bits per heavy atom. The summed E-state index contributed by atoms with van der Waals surface area (Å²) in [4.78, 5) is 12.1. The summed E-state index contributed by atoms with van der Waals surface area (Å²) in [6, 6.07) is 14.9. The van der Waals surface area contributed by atoms with Crippen molar-refractivity contribution in [1.29, 1.82) is 0 Å². The molecule has 2 aromatic rings. The second kappa shape index (κ2) is 9.74. The number of phenols is 1. The van der Waals surface area contributed by atoms with Crippen molar-refractivity contribution in [3.8, 4) is 11.5 Å². The van der Waals surface area contributed by atoms with Gasteiger partial charge >= 0.3 is 0 Å². The van der Waals surface area contributed by atoms with Gasteiger partial charge in [0.05, 0.1) is 18.1 Å². The number of carbonyl (C=O) groups excluding carboxylic acids is 1. The number of rotatable bonds is 8. The summed E-state index contributed by atoms with van der Waals surface area (Å²) >= 11 is 1.56. The van der Waals surface area contributed by atoms with E-state index in [1.54, 1.807) is 23.9 Å². The molecule has 132 valence electrons. The number of benzene rings is 2. The fourth-order valence-electron chi connectivity index (χ4n) is 2.01. The normalized spacial score (nSPS) is 12.1. The fourth-order valence-corrected chi connectivity index (χ4v) is 2.85. The second-order valence-corrected chi connectivity index (χ2v) is 6.66. The lowest BCUT2D eigenvalue weighted by atomic mass is 10.2. The van der Waals surface area contributed by atoms with Crippen LogP contribution in [0, 0.1) is 0 Å². The maximum atomic E-state index is 12.1. The van der Waals surface area contributed by atoms with Crippen molar-refractivity contribution in [2.24, 2.45) is 5.10 Å². The van der Waals surface area contributed by atoms with E-state index in [1.165, 1.54) is 17.8 Å². The van der Waals surface area contributed by atoms with Gasteiger partial charge < -0.3 is 9.84 Å². The number of carbonyl (C=O) groups is 1. The minimum absolute atomic E-state index is 0.0777. The summed E-state index contributed by atoms with van der Waals surface area (Å²) in [5, 5.41) is 13.4. The smallest absolute Gasteiger partial charge is 0.252 e. The van der Waals surface area contributed by atoms with Crippen LogP contribution in [0.3, 0.4) is 0 Å². The van der Waals surface area contributed by atoms with Gasteiger partial charge in [0.15, 0.2) is 11.5 Å². The third-order valence-electron chi connectivity index (χ3n) is 3.38. The number of hydrogen-bond donors (Lipinski definition) is 2. The van der Waals surface area contributed by atoms with Gasteiger partial charge in [0.25, 0.3) is 5.91 Å². The van der Waals surface area contributed by atoms with Crippen molar-refractivity contribution in [3.05, 3.63) is 59.7 Å². The molecule has 0 aliphatic rings. The Hall–Kier alpha value is -2.47. The zero-order chi connectivity index (χ0) is 18.1. The number of nitrogens with one attached hydrogen (secondary N) is 1. The third-order valence-corrected chi connectivity index (χ3v) is 4.60. The Balaban J connectivity index is 1.84. The lowest BCUT2D eigenvalue weighted by Crippen LogP contribution is -2.27. The first kappa shape index (κ1) is 18.9. The average Bonchev–Trinajstić information content (AvgIpc) is 2.63. The van der Waals surface area contributed by atoms with Crippen LogP contribution in [-0.2, 0) is 10.5 Å². The second-order valence-electron chi connectivity index (χ2n) is 5.33. The van der Waals surface area contributed by atoms with Crippen molar-refractivity contribution in [1.82, 2.24) is 5.43 Å². The Morgan fingerprint density at radius 3 is 2.80 bits per heavy atom. The molecule has 1 atom stereocenters. The van der Waals surface area contributed by atoms with E-state index >= 15 is 0 Å². The molecule has 0 aliphatic heterocycles. The Labute approximate surface area is 152 Å². The highest BCUT2D eigenvalue weighted by Crippen LogP contribution is 2.26. The zero-order valence-corrected chi connectivity index (χ0v) is 15.1. The molecule has 2 aromatic carbocycles. The van der Waals surface area contributed by atoms with Crippen LogP contribution in [0.2, 0.25) is 0 Å². The van der Waals surface area contributed by atoms with Crippen LogP contribution in [0.5, 0.6) is 11.5 Å². The van der Waals surface area contributed by atoms with Crippen LogP contribution >= 0.6 is 11.8 Å². The number of thioether (sulfide) groups is 1. The van der Waals surface area contributed by atoms with Crippen LogP contribution in [0.25, 0.3) is 0 Å². The monoisotopic (exact) mass is 358 g/mol. The largest absolute Gasteiger partial charge is 0.504 e. The van der Waals surface area contributed by atoms with E-state index in [4.69, 9.17) is 4.74 Å². The number of ether oxygens (including phenoxy) is 1. The minimum atomic E-state index is -0.212. The standard InChI is InChI=1S/C19H22N2O3S/c1-3-24-18-11-16(9-10-17(18)22)12-20-21-19(23)14(2)25-13-15-7-5-4-6-8-15/h4-12,14,22H,3,13H2,1-2H3,(H,21,23)/b20-12-/t14-/m0/s1. The maximum Gasteiger partial charge on any atom is 0.252 e. The van der Waals surface area contributed by atoms with Crippen LogP contribution in [-0.4, -0.2) is 29.1 Å². The van der Waals surface area contributed by atoms with Gasteiger partial charge in [-0.2, -0.15) is 5.10 Å². The highest BCUT2D eigenvalue weighted by Gasteiger charge is 2.12. The first-order valence-corrected chi connectivity index (χ1v) is 9.09. The predicted molar refractivity (Wildman–Crippen MR) is 102 cm³/mol. The number of hydrogen-bond acceptors (Lipinski definition) is 5. The van der Waals surface area contributed by atoms with Crippen molar-refractivity contribution >= 4 is 23.9 Å². The molecule has 2 rings (SSSR count). The van der Waals surface area contributed by atoms with Crippen molar-refractivity contribution < 1.29 is 14.6 Å². The molecular formula is C19H22N2O3S. The number of phenolic OH excluding ortho intramolecular Hbond substituents is 1. The van der Waals surface area contributed by atoms with Gasteiger partial charge in [-0.3, -0.25) is 4.79 Å². The van der Waals surface area contributed by atoms with Crippen LogP contribution in [0.15, 0.2) is 53.6 Å². The Bertz CT molecular complexity index is 720. The minimum Gasteiger partial charge on any atom is -0.504 e. The molecule has 6 heteroatoms. The fraction of sp³-hybridized carbons (Fsp3) is 0.263. The number of aromatic hydroxyl groups is 1. The molecule has 25 heavy (non-hydrogen) atoms. The summed E-state index contributed by atoms with van der Waals surface area (Å²) in [5.74, 6) is 1.09. The summed E-state index contributed by atoms with van der Waals surface area (Å²) in [6.45, 7) is 4.15. The molecule has 0 bridgehead atoms. The first-order valence-electron chi connectivity index (χ1n) is 8.04. The van der Waals surface area contributed by atoms with E-state index < -0.39 is 0 Å². The molecule has 0 spiro atoms. The summed E-state index contributed by atoms with van der Waals surface area (Å²) in [5.41, 5.74) is 4.45. The summed E-state index contributed by atoms with van der Waals surface area (Å²) < 4.78 is 5.31. The molecule has 0 aromatic heterocycles. The van der Waals surface area contributed by atoms with Gasteiger partial charge in [0.1, 0.15) is 0 Å². The van der Waals surface area contributed by atoms with E-state index in [0.29, 0.717) is 12.4 Å². The molecule has 0 saturated heterocycles. The molecular weight excluding hydrogens is 336 g/mol. The first-order chi connectivity index (χ1) is 12.1. The molecule has 2 N–H and O–H groups in total. The van der Waals surface area contributed by atoms with Gasteiger partial charge in [0.2, 0.25) is 0 Å². The predicted octanol–water partition coefficient (Wildman–Crippen LogP) is 3.56. The number of nitrogens with zero attached hydrogens (tertiary/aromatic N) is 1. The van der Waals surface area contributed by atoms with Gasteiger partial charge in [-0.25, -0.2) is 5.43 Å². The highest BCUT2D eigenvalue weighted by molar-refractivity contribution is 7.99. The zero-order valence-electron chi connectivity index (χ0n) is 14.3. The molecule has 0 radical (unpaired) electrons. The number of hydrazone groups is 1. The highest BCUT2D eigenvalue weighted by atomic mass is 32.2. The SMILES string of the molecule is CCOc1cc(/C=N\NC(=O)[C@H](C)SCc2ccccc2)ccc1O. The van der Waals surface area contributed by atoms with Gasteiger partial charge in [-0.1, -0.05) is 30.3 Å².